The molecular weight excluding hydrogens is 370 g/mol. The van der Waals surface area contributed by atoms with Gasteiger partial charge in [0.15, 0.2) is 5.78 Å². The molecule has 0 saturated carbocycles. The van der Waals surface area contributed by atoms with Crippen molar-refractivity contribution in [1.29, 1.82) is 0 Å². The van der Waals surface area contributed by atoms with Gasteiger partial charge >= 0.3 is 0 Å². The third kappa shape index (κ3) is 5.17. The maximum absolute atomic E-state index is 11.8. The van der Waals surface area contributed by atoms with Crippen LogP contribution in [0.3, 0.4) is 0 Å². The minimum absolute atomic E-state index is 0.0264. The largest absolute Gasteiger partial charge is 0.387 e. The van der Waals surface area contributed by atoms with Crippen LogP contribution in [0.15, 0.2) is 43.1 Å². The number of anilines is 3. The molecule has 29 heavy (non-hydrogen) atoms. The van der Waals surface area contributed by atoms with E-state index in [1.165, 1.54) is 6.08 Å². The van der Waals surface area contributed by atoms with Gasteiger partial charge in [0.2, 0.25) is 11.9 Å². The number of carbonyl (C=O) groups excluding carboxylic acids is 2. The monoisotopic (exact) mass is 395 g/mol. The number of rotatable bonds is 8. The Kier molecular flexibility index (Phi) is 6.56. The Labute approximate surface area is 169 Å². The van der Waals surface area contributed by atoms with Gasteiger partial charge in [0.25, 0.3) is 0 Å². The number of benzene rings is 1. The lowest BCUT2D eigenvalue weighted by molar-refractivity contribution is -0.133. The molecule has 1 aromatic carbocycles. The standard InChI is InChI=1S/C21H25N5O3/c1-3-17(28)10-15-6-4-5-7-18(15)24-20-14(2)11-22-21(25-20)23-16-8-9-26(12-16)19(29)13-27/h3-7,11,16,27H,1,8-10,12-13H2,2H3,(H2,22,23,24,25)/t16-/m0/s1. The number of carbonyl (C=O) groups is 2. The van der Waals surface area contributed by atoms with Crippen LogP contribution >= 0.6 is 0 Å². The lowest BCUT2D eigenvalue weighted by Crippen LogP contribution is -2.33. The number of nitrogens with zero attached hydrogens (tertiary/aromatic N) is 3. The Bertz CT molecular complexity index is 915. The van der Waals surface area contributed by atoms with E-state index >= 15 is 0 Å². The molecule has 1 aliphatic heterocycles. The molecule has 1 saturated heterocycles. The van der Waals surface area contributed by atoms with E-state index in [9.17, 15) is 9.59 Å². The summed E-state index contributed by atoms with van der Waals surface area (Å²) in [6, 6.07) is 7.60. The second kappa shape index (κ2) is 9.29. The summed E-state index contributed by atoms with van der Waals surface area (Å²) in [5.41, 5.74) is 2.53. The molecule has 0 spiro atoms. The topological polar surface area (TPSA) is 107 Å². The summed E-state index contributed by atoms with van der Waals surface area (Å²) >= 11 is 0. The molecule has 1 aliphatic rings. The van der Waals surface area contributed by atoms with Gasteiger partial charge in [-0.1, -0.05) is 24.8 Å². The zero-order valence-electron chi connectivity index (χ0n) is 16.4. The number of ketones is 1. The van der Waals surface area contributed by atoms with Crippen LogP contribution in [-0.2, 0) is 16.0 Å². The molecule has 2 aromatic rings. The van der Waals surface area contributed by atoms with Crippen molar-refractivity contribution in [2.24, 2.45) is 0 Å². The highest BCUT2D eigenvalue weighted by Gasteiger charge is 2.26. The van der Waals surface area contributed by atoms with Crippen molar-refractivity contribution < 1.29 is 14.7 Å². The number of hydrogen-bond acceptors (Lipinski definition) is 7. The second-order valence-electron chi connectivity index (χ2n) is 6.98. The summed E-state index contributed by atoms with van der Waals surface area (Å²) in [6.07, 6.45) is 4.07. The Morgan fingerprint density at radius 1 is 1.38 bits per heavy atom. The highest BCUT2D eigenvalue weighted by molar-refractivity contribution is 5.92. The van der Waals surface area contributed by atoms with Gasteiger partial charge in [0.05, 0.1) is 0 Å². The van der Waals surface area contributed by atoms with Crippen LogP contribution in [-0.4, -0.2) is 57.4 Å². The third-order valence-electron chi connectivity index (χ3n) is 4.84. The molecule has 8 heteroatoms. The molecule has 1 amide bonds. The fourth-order valence-corrected chi connectivity index (χ4v) is 3.21. The first-order chi connectivity index (χ1) is 14.0. The number of aliphatic hydroxyl groups is 1. The molecule has 3 N–H and O–H groups in total. The van der Waals surface area contributed by atoms with Crippen LogP contribution in [0.2, 0.25) is 0 Å². The van der Waals surface area contributed by atoms with Gasteiger partial charge in [-0.2, -0.15) is 4.98 Å². The molecule has 2 heterocycles. The Morgan fingerprint density at radius 2 is 2.17 bits per heavy atom. The first kappa shape index (κ1) is 20.5. The summed E-state index contributed by atoms with van der Waals surface area (Å²) in [5, 5.41) is 15.6. The zero-order chi connectivity index (χ0) is 20.8. The summed E-state index contributed by atoms with van der Waals surface area (Å²) in [7, 11) is 0. The van der Waals surface area contributed by atoms with E-state index in [1.807, 2.05) is 31.2 Å². The van der Waals surface area contributed by atoms with Gasteiger partial charge < -0.3 is 20.6 Å². The Balaban J connectivity index is 1.73. The molecule has 0 aliphatic carbocycles. The molecule has 3 rings (SSSR count). The molecule has 1 fully saturated rings. The lowest BCUT2D eigenvalue weighted by atomic mass is 10.1. The number of allylic oxidation sites excluding steroid dienone is 1. The van der Waals surface area contributed by atoms with Crippen LogP contribution < -0.4 is 10.6 Å². The molecular formula is C21H25N5O3. The maximum atomic E-state index is 11.8. The van der Waals surface area contributed by atoms with E-state index in [1.54, 1.807) is 11.1 Å². The second-order valence-corrected chi connectivity index (χ2v) is 6.98. The lowest BCUT2D eigenvalue weighted by Gasteiger charge is -2.17. The zero-order valence-corrected chi connectivity index (χ0v) is 16.4. The number of para-hydroxylation sites is 1. The number of likely N-dealkylation sites (tertiary alicyclic amines) is 1. The number of hydrogen-bond donors (Lipinski definition) is 3. The number of aliphatic hydroxyl groups excluding tert-OH is 1. The quantitative estimate of drug-likeness (QED) is 0.585. The van der Waals surface area contributed by atoms with Crippen LogP contribution in [0.4, 0.5) is 17.5 Å². The van der Waals surface area contributed by atoms with Crippen molar-refractivity contribution in [2.45, 2.75) is 25.8 Å². The SMILES string of the molecule is C=CC(=O)Cc1ccccc1Nc1nc(N[C@H]2CCN(C(=O)CO)C2)ncc1C. The predicted octanol–water partition coefficient (Wildman–Crippen LogP) is 1.83. The number of nitrogens with one attached hydrogen (secondary N) is 2. The average molecular weight is 395 g/mol. The molecule has 0 bridgehead atoms. The fourth-order valence-electron chi connectivity index (χ4n) is 3.21. The van der Waals surface area contributed by atoms with Crippen molar-refractivity contribution in [1.82, 2.24) is 14.9 Å². The van der Waals surface area contributed by atoms with Gasteiger partial charge in [-0.15, -0.1) is 0 Å². The van der Waals surface area contributed by atoms with Gasteiger partial charge in [0, 0.05) is 43.0 Å². The highest BCUT2D eigenvalue weighted by Crippen LogP contribution is 2.24. The Morgan fingerprint density at radius 3 is 2.93 bits per heavy atom. The third-order valence-corrected chi connectivity index (χ3v) is 4.84. The molecule has 8 nitrogen and oxygen atoms in total. The average Bonchev–Trinajstić information content (AvgIpc) is 3.19. The summed E-state index contributed by atoms with van der Waals surface area (Å²) in [6.45, 7) is 6.06. The number of aryl methyl sites for hydroxylation is 1. The van der Waals surface area contributed by atoms with E-state index in [4.69, 9.17) is 5.11 Å². The summed E-state index contributed by atoms with van der Waals surface area (Å²) in [4.78, 5) is 33.9. The van der Waals surface area contributed by atoms with Crippen LogP contribution in [0.5, 0.6) is 0 Å². The molecule has 1 aromatic heterocycles. The smallest absolute Gasteiger partial charge is 0.248 e. The van der Waals surface area contributed by atoms with Gasteiger partial charge in [-0.3, -0.25) is 9.59 Å². The van der Waals surface area contributed by atoms with E-state index in [0.717, 1.165) is 23.2 Å². The van der Waals surface area contributed by atoms with Gasteiger partial charge in [-0.05, 0) is 31.1 Å². The van der Waals surface area contributed by atoms with Crippen molar-refractivity contribution in [3.8, 4) is 0 Å². The molecule has 152 valence electrons. The van der Waals surface area contributed by atoms with Gasteiger partial charge in [-0.25, -0.2) is 4.98 Å². The Hall–Kier alpha value is -3.26. The molecule has 0 unspecified atom stereocenters. The van der Waals surface area contributed by atoms with Crippen molar-refractivity contribution in [3.05, 3.63) is 54.2 Å². The minimum Gasteiger partial charge on any atom is -0.387 e. The number of amides is 1. The van der Waals surface area contributed by atoms with Crippen LogP contribution in [0, 0.1) is 6.92 Å². The normalized spacial score (nSPS) is 15.8. The predicted molar refractivity (Wildman–Crippen MR) is 111 cm³/mol. The minimum atomic E-state index is -0.477. The van der Waals surface area contributed by atoms with E-state index < -0.39 is 6.61 Å². The van der Waals surface area contributed by atoms with E-state index in [2.05, 4.69) is 27.2 Å². The van der Waals surface area contributed by atoms with Crippen LogP contribution in [0.25, 0.3) is 0 Å². The van der Waals surface area contributed by atoms with Gasteiger partial charge in [0.1, 0.15) is 12.4 Å². The number of aromatic nitrogens is 2. The first-order valence-corrected chi connectivity index (χ1v) is 9.49. The van der Waals surface area contributed by atoms with Crippen molar-refractivity contribution in [2.75, 3.05) is 30.3 Å². The first-order valence-electron chi connectivity index (χ1n) is 9.49. The van der Waals surface area contributed by atoms with Crippen molar-refractivity contribution >= 4 is 29.1 Å². The van der Waals surface area contributed by atoms with E-state index in [-0.39, 0.29) is 24.2 Å². The van der Waals surface area contributed by atoms with Crippen LogP contribution in [0.1, 0.15) is 17.5 Å². The molecule has 0 radical (unpaired) electrons. The van der Waals surface area contributed by atoms with E-state index in [0.29, 0.717) is 24.9 Å². The summed E-state index contributed by atoms with van der Waals surface area (Å²) < 4.78 is 0. The molecule has 1 atom stereocenters. The maximum Gasteiger partial charge on any atom is 0.248 e. The fraction of sp³-hybridized carbons (Fsp3) is 0.333. The summed E-state index contributed by atoms with van der Waals surface area (Å²) in [5.74, 6) is 0.778. The van der Waals surface area contributed by atoms with Crippen molar-refractivity contribution in [3.63, 3.8) is 0 Å². The highest BCUT2D eigenvalue weighted by atomic mass is 16.3.